The topological polar surface area (TPSA) is 134 Å². The summed E-state index contributed by atoms with van der Waals surface area (Å²) >= 11 is 0. The lowest BCUT2D eigenvalue weighted by atomic mass is 10.2. The first-order chi connectivity index (χ1) is 14.2. The van der Waals surface area contributed by atoms with Gasteiger partial charge in [-0.3, -0.25) is 4.79 Å². The number of sulfonamides is 1. The molecule has 0 aliphatic rings. The molecule has 12 heteroatoms. The number of aromatic nitrogens is 4. The number of hydrogen-bond acceptors (Lipinski definition) is 7. The van der Waals surface area contributed by atoms with Crippen LogP contribution >= 0.6 is 0 Å². The molecule has 10 nitrogen and oxygen atoms in total. The van der Waals surface area contributed by atoms with E-state index in [-0.39, 0.29) is 16.3 Å². The van der Waals surface area contributed by atoms with Crippen molar-refractivity contribution in [2.75, 3.05) is 18.9 Å². The van der Waals surface area contributed by atoms with E-state index in [9.17, 15) is 17.6 Å². The summed E-state index contributed by atoms with van der Waals surface area (Å²) < 4.78 is 41.4. The smallest absolute Gasteiger partial charge is 0.243 e. The minimum atomic E-state index is -3.93. The molecule has 0 unspecified atom stereocenters. The Morgan fingerprint density at radius 1 is 1.27 bits per heavy atom. The highest BCUT2D eigenvalue weighted by Gasteiger charge is 2.23. The fourth-order valence-electron chi connectivity index (χ4n) is 2.58. The molecule has 0 fully saturated rings. The van der Waals surface area contributed by atoms with Crippen LogP contribution in [0.15, 0.2) is 47.4 Å². The number of tetrazole rings is 1. The number of benzene rings is 2. The van der Waals surface area contributed by atoms with Gasteiger partial charge in [-0.25, -0.2) is 12.8 Å². The monoisotopic (exact) mass is 429 g/mol. The van der Waals surface area contributed by atoms with E-state index in [0.29, 0.717) is 11.4 Å². The van der Waals surface area contributed by atoms with Gasteiger partial charge in [-0.05, 0) is 59.8 Å². The van der Waals surface area contributed by atoms with E-state index >= 15 is 0 Å². The normalized spacial score (nSPS) is 11.3. The third-order valence-corrected chi connectivity index (χ3v) is 5.96. The summed E-state index contributed by atoms with van der Waals surface area (Å²) in [6, 6.07) is 11.1. The summed E-state index contributed by atoms with van der Waals surface area (Å²) in [7, 11) is -2.68. The van der Waals surface area contributed by atoms with E-state index in [0.717, 1.165) is 10.4 Å². The molecule has 0 atom stereocenters. The van der Waals surface area contributed by atoms with Gasteiger partial charge in [-0.1, -0.05) is 0 Å². The van der Waals surface area contributed by atoms with Gasteiger partial charge in [0, 0.05) is 12.7 Å². The molecule has 1 N–H and O–H groups in total. The quantitative estimate of drug-likeness (QED) is 0.623. The van der Waals surface area contributed by atoms with E-state index in [1.54, 1.807) is 6.92 Å². The molecular formula is C18H16FN7O3S. The first-order valence-corrected chi connectivity index (χ1v) is 9.97. The highest BCUT2D eigenvalue weighted by Crippen LogP contribution is 2.19. The predicted octanol–water partition coefficient (Wildman–Crippen LogP) is 1.24. The number of likely N-dealkylation sites (N-methyl/N-ethyl adjacent to an activating group) is 1. The first-order valence-electron chi connectivity index (χ1n) is 8.53. The van der Waals surface area contributed by atoms with Crippen molar-refractivity contribution in [3.8, 4) is 11.8 Å². The Labute approximate surface area is 171 Å². The van der Waals surface area contributed by atoms with Crippen molar-refractivity contribution in [2.45, 2.75) is 11.8 Å². The maximum Gasteiger partial charge on any atom is 0.243 e. The minimum Gasteiger partial charge on any atom is -0.325 e. The van der Waals surface area contributed by atoms with Gasteiger partial charge in [0.05, 0.1) is 23.1 Å². The van der Waals surface area contributed by atoms with Crippen molar-refractivity contribution >= 4 is 21.6 Å². The number of nitrogens with one attached hydrogen (secondary N) is 1. The van der Waals surface area contributed by atoms with Crippen LogP contribution in [0, 0.1) is 24.1 Å². The number of carbonyl (C=O) groups excluding carboxylic acids is 1. The summed E-state index contributed by atoms with van der Waals surface area (Å²) in [5.74, 6) is -0.866. The van der Waals surface area contributed by atoms with Crippen LogP contribution in [0.25, 0.3) is 5.69 Å². The molecule has 3 aromatic rings. The molecule has 0 radical (unpaired) electrons. The van der Waals surface area contributed by atoms with Gasteiger partial charge in [0.15, 0.2) is 5.82 Å². The van der Waals surface area contributed by atoms with Crippen molar-refractivity contribution in [1.82, 2.24) is 24.5 Å². The molecule has 1 heterocycles. The van der Waals surface area contributed by atoms with Crippen LogP contribution in [0.3, 0.4) is 0 Å². The first kappa shape index (κ1) is 21.0. The van der Waals surface area contributed by atoms with Gasteiger partial charge in [0.1, 0.15) is 11.5 Å². The lowest BCUT2D eigenvalue weighted by molar-refractivity contribution is -0.116. The van der Waals surface area contributed by atoms with Crippen LogP contribution in [0.2, 0.25) is 0 Å². The SMILES string of the molecule is Cc1nnnn1-c1cc(NC(=O)CN(C)S(=O)(=O)c2ccc(C#N)cc2)ccc1F. The Bertz CT molecular complexity index is 1230. The number of nitrogens with zero attached hydrogens (tertiary/aromatic N) is 6. The van der Waals surface area contributed by atoms with Gasteiger partial charge < -0.3 is 5.32 Å². The van der Waals surface area contributed by atoms with Gasteiger partial charge in [-0.2, -0.15) is 14.2 Å². The largest absolute Gasteiger partial charge is 0.325 e. The summed E-state index contributed by atoms with van der Waals surface area (Å²) in [5, 5.41) is 22.2. The summed E-state index contributed by atoms with van der Waals surface area (Å²) in [6.45, 7) is 1.12. The molecule has 1 amide bonds. The molecule has 1 aromatic heterocycles. The molecule has 0 aliphatic carbocycles. The minimum absolute atomic E-state index is 0.0360. The van der Waals surface area contributed by atoms with E-state index < -0.39 is 28.3 Å². The summed E-state index contributed by atoms with van der Waals surface area (Å²) in [5.41, 5.74) is 0.601. The Kier molecular flexibility index (Phi) is 5.86. The highest BCUT2D eigenvalue weighted by atomic mass is 32.2. The van der Waals surface area contributed by atoms with Gasteiger partial charge >= 0.3 is 0 Å². The fourth-order valence-corrected chi connectivity index (χ4v) is 3.70. The maximum atomic E-state index is 14.1. The standard InChI is InChI=1S/C18H16FN7O3S/c1-12-22-23-24-26(12)17-9-14(5-8-16(17)19)21-18(27)11-25(2)30(28,29)15-6-3-13(10-20)4-7-15/h3-9H,11H2,1-2H3,(H,21,27). The maximum absolute atomic E-state index is 14.1. The summed E-state index contributed by atoms with van der Waals surface area (Å²) in [4.78, 5) is 12.3. The number of rotatable bonds is 6. The number of anilines is 1. The van der Waals surface area contributed by atoms with Crippen LogP contribution in [0.5, 0.6) is 0 Å². The summed E-state index contributed by atoms with van der Waals surface area (Å²) in [6.07, 6.45) is 0. The Hall–Kier alpha value is -3.69. The highest BCUT2D eigenvalue weighted by molar-refractivity contribution is 7.89. The van der Waals surface area contributed by atoms with E-state index in [1.807, 2.05) is 6.07 Å². The van der Waals surface area contributed by atoms with Crippen LogP contribution in [0.1, 0.15) is 11.4 Å². The molecular weight excluding hydrogens is 413 g/mol. The van der Waals surface area contributed by atoms with Crippen LogP contribution in [0.4, 0.5) is 10.1 Å². The van der Waals surface area contributed by atoms with Gasteiger partial charge in [-0.15, -0.1) is 5.10 Å². The Morgan fingerprint density at radius 3 is 2.57 bits per heavy atom. The van der Waals surface area contributed by atoms with Crippen LogP contribution in [-0.4, -0.2) is 52.4 Å². The molecule has 0 bridgehead atoms. The zero-order chi connectivity index (χ0) is 21.9. The number of amides is 1. The van der Waals surface area contributed by atoms with Gasteiger partial charge in [0.2, 0.25) is 15.9 Å². The molecule has 0 saturated carbocycles. The molecule has 3 rings (SSSR count). The van der Waals surface area contributed by atoms with Crippen molar-refractivity contribution in [2.24, 2.45) is 0 Å². The van der Waals surface area contributed by atoms with E-state index in [2.05, 4.69) is 20.8 Å². The second-order valence-electron chi connectivity index (χ2n) is 6.25. The van der Waals surface area contributed by atoms with E-state index in [4.69, 9.17) is 5.26 Å². The Morgan fingerprint density at radius 2 is 1.97 bits per heavy atom. The molecule has 0 spiro atoms. The Balaban J connectivity index is 1.73. The zero-order valence-electron chi connectivity index (χ0n) is 15.9. The van der Waals surface area contributed by atoms with E-state index in [1.165, 1.54) is 48.1 Å². The second-order valence-corrected chi connectivity index (χ2v) is 8.29. The van der Waals surface area contributed by atoms with Gasteiger partial charge in [0.25, 0.3) is 0 Å². The molecule has 0 saturated heterocycles. The number of aryl methyl sites for hydroxylation is 1. The second kappa shape index (κ2) is 8.36. The number of halogens is 1. The van der Waals surface area contributed by atoms with Crippen molar-refractivity contribution < 1.29 is 17.6 Å². The average Bonchev–Trinajstić information content (AvgIpc) is 3.15. The fraction of sp³-hybridized carbons (Fsp3) is 0.167. The number of nitriles is 1. The molecule has 2 aromatic carbocycles. The van der Waals surface area contributed by atoms with Crippen molar-refractivity contribution in [1.29, 1.82) is 5.26 Å². The number of hydrogen-bond donors (Lipinski definition) is 1. The lowest BCUT2D eigenvalue weighted by Crippen LogP contribution is -2.35. The number of carbonyl (C=O) groups is 1. The predicted molar refractivity (Wildman–Crippen MR) is 103 cm³/mol. The molecule has 0 aliphatic heterocycles. The van der Waals surface area contributed by atoms with Crippen LogP contribution in [-0.2, 0) is 14.8 Å². The van der Waals surface area contributed by atoms with Crippen molar-refractivity contribution in [3.05, 3.63) is 59.7 Å². The average molecular weight is 429 g/mol. The lowest BCUT2D eigenvalue weighted by Gasteiger charge is -2.17. The zero-order valence-corrected chi connectivity index (χ0v) is 16.8. The third-order valence-electron chi connectivity index (χ3n) is 4.14. The molecule has 30 heavy (non-hydrogen) atoms. The van der Waals surface area contributed by atoms with Crippen molar-refractivity contribution in [3.63, 3.8) is 0 Å². The van der Waals surface area contributed by atoms with Crippen LogP contribution < -0.4 is 5.32 Å². The molecule has 154 valence electrons. The third kappa shape index (κ3) is 4.32.